The molecule has 1 heterocycles. The van der Waals surface area contributed by atoms with Crippen LogP contribution in [0.25, 0.3) is 0 Å². The van der Waals surface area contributed by atoms with Crippen molar-refractivity contribution in [2.75, 3.05) is 5.73 Å². The highest BCUT2D eigenvalue weighted by atomic mass is 79.9. The molecule has 0 aliphatic heterocycles. The highest BCUT2D eigenvalue weighted by molar-refractivity contribution is 9.10. The van der Waals surface area contributed by atoms with Crippen molar-refractivity contribution in [1.29, 1.82) is 0 Å². The lowest BCUT2D eigenvalue weighted by atomic mass is 9.92. The Morgan fingerprint density at radius 1 is 1.37 bits per heavy atom. The van der Waals surface area contributed by atoms with Gasteiger partial charge >= 0.3 is 0 Å². The Morgan fingerprint density at radius 3 is 2.68 bits per heavy atom. The number of anilines is 1. The van der Waals surface area contributed by atoms with Gasteiger partial charge < -0.3 is 5.73 Å². The van der Waals surface area contributed by atoms with Crippen LogP contribution in [0.1, 0.15) is 32.0 Å². The van der Waals surface area contributed by atoms with Crippen molar-refractivity contribution in [1.82, 2.24) is 15.0 Å². The Hall–Kier alpha value is -1.43. The van der Waals surface area contributed by atoms with Gasteiger partial charge in [-0.05, 0) is 27.6 Å². The van der Waals surface area contributed by atoms with E-state index in [1.54, 1.807) is 10.7 Å². The second-order valence-corrected chi connectivity index (χ2v) is 6.24. The molecule has 2 N–H and O–H groups in total. The van der Waals surface area contributed by atoms with Crippen molar-refractivity contribution in [2.45, 2.75) is 32.7 Å². The fraction of sp³-hybridized carbons (Fsp3) is 0.385. The van der Waals surface area contributed by atoms with Crippen LogP contribution in [0.5, 0.6) is 0 Å². The molecule has 0 atom stereocenters. The molecule has 0 fully saturated rings. The molecule has 1 aromatic carbocycles. The maximum absolute atomic E-state index is 13.5. The number of hydrogen-bond acceptors (Lipinski definition) is 3. The van der Waals surface area contributed by atoms with E-state index >= 15 is 0 Å². The summed E-state index contributed by atoms with van der Waals surface area (Å²) in [7, 11) is 0. The van der Waals surface area contributed by atoms with E-state index in [2.05, 4.69) is 26.2 Å². The second kappa shape index (κ2) is 4.92. The monoisotopic (exact) mass is 326 g/mol. The van der Waals surface area contributed by atoms with E-state index in [-0.39, 0.29) is 11.2 Å². The fourth-order valence-electron chi connectivity index (χ4n) is 2.04. The smallest absolute Gasteiger partial charge is 0.169 e. The van der Waals surface area contributed by atoms with E-state index in [9.17, 15) is 4.39 Å². The quantitative estimate of drug-likeness (QED) is 0.922. The molecular formula is C13H16BrFN4. The van der Waals surface area contributed by atoms with E-state index in [1.165, 1.54) is 6.07 Å². The average molecular weight is 327 g/mol. The lowest BCUT2D eigenvalue weighted by Crippen LogP contribution is -2.20. The number of halogens is 2. The topological polar surface area (TPSA) is 56.7 Å². The zero-order chi connectivity index (χ0) is 14.2. The van der Waals surface area contributed by atoms with E-state index < -0.39 is 0 Å². The van der Waals surface area contributed by atoms with Crippen LogP contribution in [0.4, 0.5) is 10.2 Å². The lowest BCUT2D eigenvalue weighted by molar-refractivity contribution is 0.501. The minimum absolute atomic E-state index is 0.173. The number of nitrogens with zero attached hydrogens (tertiary/aromatic N) is 3. The predicted octanol–water partition coefficient (Wildman–Crippen LogP) is 3.11. The third kappa shape index (κ3) is 2.78. The summed E-state index contributed by atoms with van der Waals surface area (Å²) in [6.07, 6.45) is 0. The Bertz CT molecular complexity index is 601. The summed E-state index contributed by atoms with van der Waals surface area (Å²) < 4.78 is 15.7. The first kappa shape index (κ1) is 14.0. The minimum Gasteiger partial charge on any atom is -0.381 e. The molecule has 2 aromatic rings. The van der Waals surface area contributed by atoms with Crippen LogP contribution >= 0.6 is 15.9 Å². The highest BCUT2D eigenvalue weighted by Crippen LogP contribution is 2.28. The second-order valence-electron chi connectivity index (χ2n) is 5.44. The summed E-state index contributed by atoms with van der Waals surface area (Å²) in [5, 5.41) is 7.96. The Labute approximate surface area is 119 Å². The van der Waals surface area contributed by atoms with Crippen molar-refractivity contribution in [3.63, 3.8) is 0 Å². The predicted molar refractivity (Wildman–Crippen MR) is 76.3 cm³/mol. The first-order chi connectivity index (χ1) is 8.80. The number of aromatic nitrogens is 3. The molecule has 0 amide bonds. The fourth-order valence-corrected chi connectivity index (χ4v) is 2.43. The molecule has 102 valence electrons. The van der Waals surface area contributed by atoms with Crippen molar-refractivity contribution in [2.24, 2.45) is 0 Å². The molecule has 0 spiro atoms. The standard InChI is InChI=1S/C13H16BrFN4/c1-13(2,3)11-12(16)17-18-19(11)7-8-5-4-6-9(15)10(8)14/h4-6H,7,16H2,1-3H3. The molecular weight excluding hydrogens is 311 g/mol. The lowest BCUT2D eigenvalue weighted by Gasteiger charge is -2.20. The van der Waals surface area contributed by atoms with E-state index in [4.69, 9.17) is 5.73 Å². The minimum atomic E-state index is -0.289. The van der Waals surface area contributed by atoms with Gasteiger partial charge in [-0.1, -0.05) is 38.1 Å². The highest BCUT2D eigenvalue weighted by Gasteiger charge is 2.24. The van der Waals surface area contributed by atoms with Crippen LogP contribution in [0.3, 0.4) is 0 Å². The Kier molecular flexibility index (Phi) is 3.62. The first-order valence-corrected chi connectivity index (χ1v) is 6.72. The van der Waals surface area contributed by atoms with Crippen molar-refractivity contribution in [3.05, 3.63) is 39.7 Å². The van der Waals surface area contributed by atoms with Gasteiger partial charge in [-0.15, -0.1) is 5.10 Å². The first-order valence-electron chi connectivity index (χ1n) is 5.93. The summed E-state index contributed by atoms with van der Waals surface area (Å²) in [4.78, 5) is 0. The molecule has 2 rings (SSSR count). The van der Waals surface area contributed by atoms with Crippen LogP contribution < -0.4 is 5.73 Å². The molecule has 0 unspecified atom stereocenters. The van der Waals surface area contributed by atoms with Crippen LogP contribution in [-0.2, 0) is 12.0 Å². The van der Waals surface area contributed by atoms with Crippen LogP contribution in [0.15, 0.2) is 22.7 Å². The summed E-state index contributed by atoms with van der Waals surface area (Å²) in [6.45, 7) is 6.55. The van der Waals surface area contributed by atoms with Gasteiger partial charge in [0.1, 0.15) is 5.82 Å². The zero-order valence-corrected chi connectivity index (χ0v) is 12.7. The number of rotatable bonds is 2. The molecule has 0 bridgehead atoms. The van der Waals surface area contributed by atoms with Crippen LogP contribution in [-0.4, -0.2) is 15.0 Å². The third-order valence-electron chi connectivity index (χ3n) is 2.82. The summed E-state index contributed by atoms with van der Waals surface area (Å²) in [5.41, 5.74) is 7.35. The van der Waals surface area contributed by atoms with Crippen LogP contribution in [0, 0.1) is 5.82 Å². The van der Waals surface area contributed by atoms with E-state index in [1.807, 2.05) is 26.8 Å². The molecule has 6 heteroatoms. The SMILES string of the molecule is CC(C)(C)c1c(N)nnn1Cc1cccc(F)c1Br. The van der Waals surface area contributed by atoms with Gasteiger partial charge in [-0.2, -0.15) is 0 Å². The molecule has 4 nitrogen and oxygen atoms in total. The molecule has 0 radical (unpaired) electrons. The number of hydrogen-bond donors (Lipinski definition) is 1. The van der Waals surface area contributed by atoms with Gasteiger partial charge in [0.05, 0.1) is 16.7 Å². The summed E-state index contributed by atoms with van der Waals surface area (Å²) in [5.74, 6) is 0.128. The molecule has 0 saturated heterocycles. The molecule has 0 aliphatic rings. The van der Waals surface area contributed by atoms with Crippen molar-refractivity contribution < 1.29 is 4.39 Å². The third-order valence-corrected chi connectivity index (χ3v) is 3.71. The normalized spacial score (nSPS) is 11.8. The maximum Gasteiger partial charge on any atom is 0.169 e. The Morgan fingerprint density at radius 2 is 2.05 bits per heavy atom. The summed E-state index contributed by atoms with van der Waals surface area (Å²) >= 11 is 3.25. The van der Waals surface area contributed by atoms with Gasteiger partial charge in [-0.3, -0.25) is 0 Å². The molecule has 0 aliphatic carbocycles. The molecule has 19 heavy (non-hydrogen) atoms. The van der Waals surface area contributed by atoms with Gasteiger partial charge in [-0.25, -0.2) is 9.07 Å². The van der Waals surface area contributed by atoms with Gasteiger partial charge in [0.15, 0.2) is 5.82 Å². The van der Waals surface area contributed by atoms with E-state index in [0.717, 1.165) is 11.3 Å². The number of nitrogen functional groups attached to an aromatic ring is 1. The summed E-state index contributed by atoms with van der Waals surface area (Å²) in [6, 6.07) is 4.93. The van der Waals surface area contributed by atoms with Crippen molar-refractivity contribution in [3.8, 4) is 0 Å². The average Bonchev–Trinajstić information content (AvgIpc) is 2.66. The van der Waals surface area contributed by atoms with Crippen LogP contribution in [0.2, 0.25) is 0 Å². The van der Waals surface area contributed by atoms with Gasteiger partial charge in [0.2, 0.25) is 0 Å². The zero-order valence-electron chi connectivity index (χ0n) is 11.1. The van der Waals surface area contributed by atoms with Gasteiger partial charge in [0.25, 0.3) is 0 Å². The maximum atomic E-state index is 13.5. The Balaban J connectivity index is 2.42. The van der Waals surface area contributed by atoms with Gasteiger partial charge in [0, 0.05) is 5.41 Å². The number of benzene rings is 1. The largest absolute Gasteiger partial charge is 0.381 e. The van der Waals surface area contributed by atoms with Crippen molar-refractivity contribution >= 4 is 21.7 Å². The molecule has 0 saturated carbocycles. The van der Waals surface area contributed by atoms with E-state index in [0.29, 0.717) is 16.8 Å². The molecule has 1 aromatic heterocycles. The number of nitrogens with two attached hydrogens (primary N) is 1.